The van der Waals surface area contributed by atoms with Crippen molar-refractivity contribution in [2.75, 3.05) is 6.54 Å². The van der Waals surface area contributed by atoms with Gasteiger partial charge in [-0.2, -0.15) is 0 Å². The first-order valence-electron chi connectivity index (χ1n) is 4.29. The minimum absolute atomic E-state index is 0.0158. The first kappa shape index (κ1) is 10.5. The topological polar surface area (TPSA) is 62.5 Å². The Hall–Kier alpha value is -1.55. The van der Waals surface area contributed by atoms with Crippen LogP contribution >= 0.6 is 0 Å². The van der Waals surface area contributed by atoms with Crippen LogP contribution in [0.4, 0.5) is 0 Å². The van der Waals surface area contributed by atoms with Crippen LogP contribution in [0, 0.1) is 6.92 Å². The maximum Gasteiger partial charge on any atom is 0.371 e. The lowest BCUT2D eigenvalue weighted by molar-refractivity contribution is 0.0661. The van der Waals surface area contributed by atoms with E-state index in [0.717, 1.165) is 5.56 Å². The van der Waals surface area contributed by atoms with Crippen LogP contribution in [-0.2, 0) is 6.54 Å². The van der Waals surface area contributed by atoms with Crippen molar-refractivity contribution in [3.63, 3.8) is 0 Å². The van der Waals surface area contributed by atoms with Crippen LogP contribution in [0.25, 0.3) is 0 Å². The third-order valence-electron chi connectivity index (χ3n) is 1.84. The maximum absolute atomic E-state index is 10.6. The molecule has 2 N–H and O–H groups in total. The van der Waals surface area contributed by atoms with E-state index in [9.17, 15) is 4.79 Å². The first-order valence-corrected chi connectivity index (χ1v) is 4.29. The van der Waals surface area contributed by atoms with Crippen molar-refractivity contribution in [3.8, 4) is 0 Å². The molecule has 1 heterocycles. The molecule has 0 spiro atoms. The van der Waals surface area contributed by atoms with E-state index in [1.54, 1.807) is 13.0 Å². The fraction of sp³-hybridized carbons (Fsp3) is 0.300. The standard InChI is InChI=1S/C10H13NO3/c1-3-4-11-6-8-5-9(10(12)13)14-7(8)2/h3,5,11H,1,4,6H2,2H3,(H,12,13). The number of nitrogens with one attached hydrogen (secondary N) is 1. The summed E-state index contributed by atoms with van der Waals surface area (Å²) < 4.78 is 5.04. The minimum atomic E-state index is -1.04. The largest absolute Gasteiger partial charge is 0.475 e. The normalized spacial score (nSPS) is 10.1. The number of aromatic carboxylic acids is 1. The molecular weight excluding hydrogens is 182 g/mol. The summed E-state index contributed by atoms with van der Waals surface area (Å²) in [6.45, 7) is 6.59. The van der Waals surface area contributed by atoms with E-state index >= 15 is 0 Å². The van der Waals surface area contributed by atoms with Gasteiger partial charge in [-0.05, 0) is 13.0 Å². The van der Waals surface area contributed by atoms with E-state index in [1.165, 1.54) is 6.07 Å². The molecule has 0 aromatic carbocycles. The number of carboxylic acids is 1. The fourth-order valence-electron chi connectivity index (χ4n) is 1.11. The maximum atomic E-state index is 10.6. The smallest absolute Gasteiger partial charge is 0.371 e. The molecule has 0 atom stereocenters. The van der Waals surface area contributed by atoms with Crippen LogP contribution in [0.15, 0.2) is 23.1 Å². The first-order chi connectivity index (χ1) is 6.65. The molecule has 14 heavy (non-hydrogen) atoms. The highest BCUT2D eigenvalue weighted by atomic mass is 16.4. The molecule has 0 aliphatic rings. The highest BCUT2D eigenvalue weighted by Gasteiger charge is 2.11. The highest BCUT2D eigenvalue weighted by molar-refractivity contribution is 5.84. The third kappa shape index (κ3) is 2.47. The highest BCUT2D eigenvalue weighted by Crippen LogP contribution is 2.14. The molecule has 1 aromatic heterocycles. The van der Waals surface area contributed by atoms with Crippen molar-refractivity contribution in [1.29, 1.82) is 0 Å². The number of aryl methyl sites for hydroxylation is 1. The van der Waals surface area contributed by atoms with Crippen molar-refractivity contribution in [2.45, 2.75) is 13.5 Å². The van der Waals surface area contributed by atoms with E-state index in [0.29, 0.717) is 18.8 Å². The Bertz CT molecular complexity index is 341. The van der Waals surface area contributed by atoms with Gasteiger partial charge in [-0.1, -0.05) is 6.08 Å². The van der Waals surface area contributed by atoms with Crippen molar-refractivity contribution in [2.24, 2.45) is 0 Å². The van der Waals surface area contributed by atoms with Crippen LogP contribution < -0.4 is 5.32 Å². The molecule has 0 fully saturated rings. The molecule has 0 bridgehead atoms. The predicted octanol–water partition coefficient (Wildman–Crippen LogP) is 1.56. The summed E-state index contributed by atoms with van der Waals surface area (Å²) in [6, 6.07) is 1.54. The Kier molecular flexibility index (Phi) is 3.48. The lowest BCUT2D eigenvalue weighted by atomic mass is 10.2. The van der Waals surface area contributed by atoms with Crippen molar-refractivity contribution < 1.29 is 14.3 Å². The second-order valence-corrected chi connectivity index (χ2v) is 2.92. The quantitative estimate of drug-likeness (QED) is 0.553. The van der Waals surface area contributed by atoms with Gasteiger partial charge in [-0.25, -0.2) is 4.79 Å². The van der Waals surface area contributed by atoms with Gasteiger partial charge in [0.1, 0.15) is 5.76 Å². The number of hydrogen-bond donors (Lipinski definition) is 2. The summed E-state index contributed by atoms with van der Waals surface area (Å²) in [5, 5.41) is 11.7. The van der Waals surface area contributed by atoms with E-state index in [-0.39, 0.29) is 5.76 Å². The zero-order valence-corrected chi connectivity index (χ0v) is 8.04. The molecule has 0 unspecified atom stereocenters. The van der Waals surface area contributed by atoms with Crippen molar-refractivity contribution >= 4 is 5.97 Å². The van der Waals surface area contributed by atoms with Crippen molar-refractivity contribution in [3.05, 3.63) is 35.8 Å². The van der Waals surface area contributed by atoms with Crippen LogP contribution in [0.5, 0.6) is 0 Å². The molecule has 76 valence electrons. The second-order valence-electron chi connectivity index (χ2n) is 2.92. The van der Waals surface area contributed by atoms with Gasteiger partial charge in [-0.15, -0.1) is 6.58 Å². The Balaban J connectivity index is 2.67. The number of carboxylic acid groups (broad SMARTS) is 1. The van der Waals surface area contributed by atoms with Crippen LogP contribution in [-0.4, -0.2) is 17.6 Å². The zero-order chi connectivity index (χ0) is 10.6. The molecule has 1 rings (SSSR count). The van der Waals surface area contributed by atoms with E-state index < -0.39 is 5.97 Å². The molecule has 0 radical (unpaired) electrons. The zero-order valence-electron chi connectivity index (χ0n) is 8.04. The van der Waals surface area contributed by atoms with Crippen LogP contribution in [0.2, 0.25) is 0 Å². The summed E-state index contributed by atoms with van der Waals surface area (Å²) in [4.78, 5) is 10.6. The lowest BCUT2D eigenvalue weighted by Crippen LogP contribution is -2.12. The summed E-state index contributed by atoms with van der Waals surface area (Å²) in [5.41, 5.74) is 0.865. The van der Waals surface area contributed by atoms with Gasteiger partial charge < -0.3 is 14.8 Å². The predicted molar refractivity (Wildman–Crippen MR) is 52.3 cm³/mol. The molecular formula is C10H13NO3. The van der Waals surface area contributed by atoms with Gasteiger partial charge in [0.15, 0.2) is 0 Å². The summed E-state index contributed by atoms with van der Waals surface area (Å²) >= 11 is 0. The van der Waals surface area contributed by atoms with Gasteiger partial charge in [0.25, 0.3) is 0 Å². The molecule has 4 heteroatoms. The van der Waals surface area contributed by atoms with Gasteiger partial charge in [0, 0.05) is 18.7 Å². The number of carbonyl (C=O) groups is 1. The van der Waals surface area contributed by atoms with Crippen molar-refractivity contribution in [1.82, 2.24) is 5.32 Å². The minimum Gasteiger partial charge on any atom is -0.475 e. The lowest BCUT2D eigenvalue weighted by Gasteiger charge is -1.98. The van der Waals surface area contributed by atoms with Gasteiger partial charge in [0.2, 0.25) is 5.76 Å². The van der Waals surface area contributed by atoms with Gasteiger partial charge in [-0.3, -0.25) is 0 Å². The number of hydrogen-bond acceptors (Lipinski definition) is 3. The number of furan rings is 1. The monoisotopic (exact) mass is 195 g/mol. The van der Waals surface area contributed by atoms with Crippen LogP contribution in [0.1, 0.15) is 21.9 Å². The Morgan fingerprint density at radius 2 is 2.50 bits per heavy atom. The average molecular weight is 195 g/mol. The number of rotatable bonds is 5. The molecule has 0 aliphatic heterocycles. The molecule has 0 saturated heterocycles. The molecule has 0 saturated carbocycles. The van der Waals surface area contributed by atoms with E-state index in [4.69, 9.17) is 9.52 Å². The average Bonchev–Trinajstić information content (AvgIpc) is 2.49. The molecule has 0 amide bonds. The third-order valence-corrected chi connectivity index (χ3v) is 1.84. The second kappa shape index (κ2) is 4.62. The molecule has 0 aliphatic carbocycles. The fourth-order valence-corrected chi connectivity index (χ4v) is 1.11. The Morgan fingerprint density at radius 1 is 1.79 bits per heavy atom. The summed E-state index contributed by atoms with van der Waals surface area (Å²) in [6.07, 6.45) is 1.74. The van der Waals surface area contributed by atoms with E-state index in [2.05, 4.69) is 11.9 Å². The summed E-state index contributed by atoms with van der Waals surface area (Å²) in [7, 11) is 0. The summed E-state index contributed by atoms with van der Waals surface area (Å²) in [5.74, 6) is -0.417. The SMILES string of the molecule is C=CCNCc1cc(C(=O)O)oc1C. The molecule has 4 nitrogen and oxygen atoms in total. The Labute approximate surface area is 82.2 Å². The van der Waals surface area contributed by atoms with Gasteiger partial charge >= 0.3 is 5.97 Å². The Morgan fingerprint density at radius 3 is 3.00 bits per heavy atom. The molecule has 1 aromatic rings. The van der Waals surface area contributed by atoms with Crippen LogP contribution in [0.3, 0.4) is 0 Å². The van der Waals surface area contributed by atoms with E-state index in [1.807, 2.05) is 0 Å². The van der Waals surface area contributed by atoms with Gasteiger partial charge in [0.05, 0.1) is 0 Å².